The monoisotopic (exact) mass is 1150 g/mol. The number of carboxylic acids is 1. The molecular formula is C41H52Cl6N16O11. The molecule has 0 saturated heterocycles. The van der Waals surface area contributed by atoms with Gasteiger partial charge in [0.25, 0.3) is 3.79 Å². The molecule has 5 rings (SSSR count). The standard InChI is InChI=1S/C9H10N4O2.C7H6N4O2.C7H16O3.C6H5Cl3N2O.C5H10N4.C4H5NO.C2Cl3N.CO2/c1-2-15-9(14)6-7(10)12-13-5-3-4-11-8(6)13;8-5-4(7(12)13)6-9-2-1-3-11(6)10-5;1-6(8-2)5-7(9-3)10-4;1-3(12)4(2-10)5(11)6(7,8)9;1-2-3-4(6)8-9-5(3)7;1-4(6)2-3-5;3-2(4,5)1-6;2-1-3/h3-5H,2H2,1H3,(H2,10,12);1-3H,(H2,8,10)(H,12,13);6-7H,5H2,1-4H3;11H2,1H3;2H2,1H3,(H5,6,7,8,9);2H2,1H3;;/b;;;5-4-;;;;. The van der Waals surface area contributed by atoms with E-state index < -0.39 is 25.3 Å². The molecule has 5 heterocycles. The van der Waals surface area contributed by atoms with Gasteiger partial charge in [0.1, 0.15) is 40.4 Å². The normalized spacial score (nSPS) is 10.7. The van der Waals surface area contributed by atoms with Crippen LogP contribution in [-0.4, -0.2) is 122 Å². The Kier molecular flexibility index (Phi) is 36.2. The maximum Gasteiger partial charge on any atom is 0.373 e. The van der Waals surface area contributed by atoms with Crippen molar-refractivity contribution in [3.8, 4) is 18.2 Å². The summed E-state index contributed by atoms with van der Waals surface area (Å²) in [6.07, 6.45) is 8.24. The summed E-state index contributed by atoms with van der Waals surface area (Å²) < 4.78 is 19.0. The summed E-state index contributed by atoms with van der Waals surface area (Å²) >= 11 is 30.7. The van der Waals surface area contributed by atoms with Gasteiger partial charge < -0.3 is 52.7 Å². The van der Waals surface area contributed by atoms with E-state index in [0.29, 0.717) is 23.9 Å². The average Bonchev–Trinajstić information content (AvgIpc) is 3.98. The molecule has 0 aliphatic rings. The van der Waals surface area contributed by atoms with Crippen molar-refractivity contribution in [3.05, 3.63) is 64.9 Å². The first-order valence-corrected chi connectivity index (χ1v) is 22.3. The number of nitrogens with two attached hydrogens (primary N) is 5. The molecule has 33 heteroatoms. The number of methoxy groups -OCH3 is 3. The molecule has 0 radical (unpaired) electrons. The van der Waals surface area contributed by atoms with Gasteiger partial charge in [0.05, 0.1) is 30.9 Å². The van der Waals surface area contributed by atoms with E-state index in [2.05, 4.69) is 30.4 Å². The molecule has 0 amide bonds. The zero-order chi connectivity index (χ0) is 57.9. The number of ether oxygens (including phenoxy) is 4. The Labute approximate surface area is 453 Å². The minimum atomic E-state index is -1.91. The molecule has 404 valence electrons. The highest BCUT2D eigenvalue weighted by atomic mass is 35.6. The number of Topliss-reactive ketones (excluding diaryl/α,β-unsaturated/α-hetero) is 2. The van der Waals surface area contributed by atoms with Crippen LogP contribution in [0.4, 0.5) is 23.3 Å². The van der Waals surface area contributed by atoms with Crippen molar-refractivity contribution < 1.29 is 52.8 Å². The fourth-order valence-electron chi connectivity index (χ4n) is 4.41. The first-order chi connectivity index (χ1) is 34.5. The predicted octanol–water partition coefficient (Wildman–Crippen LogP) is 5.13. The summed E-state index contributed by atoms with van der Waals surface area (Å²) in [5, 5.41) is 46.8. The van der Waals surface area contributed by atoms with E-state index in [1.807, 2.05) is 13.8 Å². The maximum atomic E-state index is 11.5. The number of carboxylic acid groups (broad SMARTS) is 1. The number of aromatic carboxylic acids is 1. The number of nitrogens with zero attached hydrogens (tertiary/aromatic N) is 10. The lowest BCUT2D eigenvalue weighted by atomic mass is 10.2. The van der Waals surface area contributed by atoms with E-state index in [-0.39, 0.29) is 70.4 Å². The van der Waals surface area contributed by atoms with Gasteiger partial charge in [0.2, 0.25) is 3.79 Å². The summed E-state index contributed by atoms with van der Waals surface area (Å²) in [5.74, 6) is -1.02. The minimum Gasteiger partial charge on any atom is -0.477 e. The third-order valence-electron chi connectivity index (χ3n) is 7.77. The van der Waals surface area contributed by atoms with E-state index in [4.69, 9.17) is 148 Å². The summed E-state index contributed by atoms with van der Waals surface area (Å²) in [5.41, 5.74) is 28.2. The van der Waals surface area contributed by atoms with Crippen LogP contribution < -0.4 is 28.7 Å². The number of nitrogen functional groups attached to an aromatic ring is 4. The molecule has 12 N–H and O–H groups in total. The number of carbonyl (C=O) groups excluding carboxylic acids is 5. The number of aromatic nitrogens is 8. The van der Waals surface area contributed by atoms with Crippen LogP contribution in [0.25, 0.3) is 11.3 Å². The second kappa shape index (κ2) is 37.7. The third-order valence-corrected chi connectivity index (χ3v) is 8.63. The fraction of sp³-hybridized carbons (Fsp3) is 0.390. The topological polar surface area (TPSA) is 450 Å². The minimum absolute atomic E-state index is 0.0220. The van der Waals surface area contributed by atoms with Crippen LogP contribution in [0.3, 0.4) is 0 Å². The number of aromatic amines is 1. The molecule has 0 aliphatic heterocycles. The first kappa shape index (κ1) is 71.2. The second-order valence-corrected chi connectivity index (χ2v) is 17.6. The van der Waals surface area contributed by atoms with Gasteiger partial charge in [0, 0.05) is 58.1 Å². The van der Waals surface area contributed by atoms with Crippen molar-refractivity contribution in [2.75, 3.05) is 50.9 Å². The number of H-pyrrole nitrogens is 1. The number of rotatable bonds is 11. The Morgan fingerprint density at radius 2 is 1.28 bits per heavy atom. The summed E-state index contributed by atoms with van der Waals surface area (Å²) in [4.78, 5) is 67.0. The number of nitriles is 3. The van der Waals surface area contributed by atoms with Crippen LogP contribution in [0.1, 0.15) is 73.7 Å². The highest BCUT2D eigenvalue weighted by Crippen LogP contribution is 2.33. The van der Waals surface area contributed by atoms with Gasteiger partial charge in [-0.2, -0.15) is 30.5 Å². The lowest BCUT2D eigenvalue weighted by Gasteiger charge is -2.16. The Morgan fingerprint density at radius 3 is 1.55 bits per heavy atom. The van der Waals surface area contributed by atoms with E-state index in [1.165, 1.54) is 35.1 Å². The van der Waals surface area contributed by atoms with Gasteiger partial charge in [0.15, 0.2) is 40.8 Å². The lowest BCUT2D eigenvalue weighted by Crippen LogP contribution is -2.20. The van der Waals surface area contributed by atoms with Crippen molar-refractivity contribution in [2.45, 2.75) is 73.9 Å². The number of ketones is 2. The van der Waals surface area contributed by atoms with Gasteiger partial charge in [-0.25, -0.2) is 28.6 Å². The Morgan fingerprint density at radius 1 is 0.824 bits per heavy atom. The largest absolute Gasteiger partial charge is 0.477 e. The maximum absolute atomic E-state index is 11.5. The van der Waals surface area contributed by atoms with Crippen LogP contribution in [0.2, 0.25) is 0 Å². The molecule has 5 aromatic heterocycles. The van der Waals surface area contributed by atoms with Crippen molar-refractivity contribution in [3.63, 3.8) is 0 Å². The Balaban J connectivity index is -0.000000804. The van der Waals surface area contributed by atoms with Crippen molar-refractivity contribution in [1.82, 2.24) is 39.4 Å². The SMILES string of the molecule is CC(=O)/C(C#N)=C(\N)C(Cl)(Cl)Cl.CC(=O)CC#N.CCOC(=O)c1c(N)nn2cccnc12.CCc1c(N)n[nH]c1N.COC(C)CC(OC)OC.N#CC(Cl)(Cl)Cl.Nc1nn2cccnc2c1C(=O)O.O=C=O. The van der Waals surface area contributed by atoms with Crippen molar-refractivity contribution in [2.24, 2.45) is 5.73 Å². The van der Waals surface area contributed by atoms with Gasteiger partial charge >= 0.3 is 18.1 Å². The van der Waals surface area contributed by atoms with E-state index in [9.17, 15) is 19.2 Å². The number of nitrogens with one attached hydrogen (secondary N) is 1. The Bertz CT molecular complexity index is 2730. The molecule has 0 aliphatic carbocycles. The van der Waals surface area contributed by atoms with Crippen LogP contribution in [-0.2, 0) is 44.5 Å². The van der Waals surface area contributed by atoms with Gasteiger partial charge in [-0.3, -0.25) is 14.7 Å². The third kappa shape index (κ3) is 28.3. The molecule has 74 heavy (non-hydrogen) atoms. The number of hydrogen-bond acceptors (Lipinski definition) is 23. The highest BCUT2D eigenvalue weighted by Gasteiger charge is 2.28. The van der Waals surface area contributed by atoms with Crippen LogP contribution in [0.5, 0.6) is 0 Å². The molecule has 0 bridgehead atoms. The molecule has 5 aromatic rings. The predicted molar refractivity (Wildman–Crippen MR) is 273 cm³/mol. The van der Waals surface area contributed by atoms with Gasteiger partial charge in [-0.15, -0.1) is 10.2 Å². The molecule has 27 nitrogen and oxygen atoms in total. The molecular weight excluding hydrogens is 1110 g/mol. The molecule has 0 aromatic carbocycles. The highest BCUT2D eigenvalue weighted by molar-refractivity contribution is 6.70. The van der Waals surface area contributed by atoms with Crippen molar-refractivity contribution in [1.29, 1.82) is 15.8 Å². The number of allylic oxidation sites excluding steroid dienone is 2. The van der Waals surface area contributed by atoms with Crippen LogP contribution in [0.15, 0.2) is 48.2 Å². The fourth-order valence-corrected chi connectivity index (χ4v) is 4.70. The number of carbonyl (C=O) groups is 4. The number of alkyl halides is 6. The van der Waals surface area contributed by atoms with Gasteiger partial charge in [-0.1, -0.05) is 76.5 Å². The zero-order valence-corrected chi connectivity index (χ0v) is 45.1. The first-order valence-electron chi connectivity index (χ1n) is 20.0. The quantitative estimate of drug-likeness (QED) is 0.0296. The van der Waals surface area contributed by atoms with Crippen LogP contribution >= 0.6 is 69.6 Å². The number of anilines is 4. The van der Waals surface area contributed by atoms with E-state index >= 15 is 0 Å². The lowest BCUT2D eigenvalue weighted by molar-refractivity contribution is -0.191. The van der Waals surface area contributed by atoms with E-state index in [0.717, 1.165) is 18.4 Å². The van der Waals surface area contributed by atoms with Crippen LogP contribution in [0, 0.1) is 34.0 Å². The number of fused-ring (bicyclic) bond motifs is 2. The van der Waals surface area contributed by atoms with Gasteiger partial charge in [-0.05, 0) is 46.2 Å². The summed E-state index contributed by atoms with van der Waals surface area (Å²) in [6, 6.07) is 8.02. The summed E-state index contributed by atoms with van der Waals surface area (Å²) in [7, 11) is 4.92. The molecule has 0 fully saturated rings. The van der Waals surface area contributed by atoms with E-state index in [1.54, 1.807) is 71.1 Å². The average molecular weight is 1160 g/mol. The molecule has 0 saturated carbocycles. The smallest absolute Gasteiger partial charge is 0.373 e. The molecule has 1 unspecified atom stereocenters. The van der Waals surface area contributed by atoms with Crippen molar-refractivity contribution >= 4 is 134 Å². The number of esters is 1. The molecule has 1 atom stereocenters. The number of halogens is 6. The number of hydrogen-bond donors (Lipinski definition) is 7. The zero-order valence-electron chi connectivity index (χ0n) is 40.6. The Hall–Kier alpha value is -7.06. The second-order valence-electron chi connectivity index (χ2n) is 13.0. The summed E-state index contributed by atoms with van der Waals surface area (Å²) in [6.45, 7) is 8.54. The molecule has 0 spiro atoms.